The van der Waals surface area contributed by atoms with E-state index in [1.165, 1.54) is 13.2 Å². The molecule has 9 heteroatoms. The molecule has 1 aromatic carbocycles. The van der Waals surface area contributed by atoms with Crippen molar-refractivity contribution in [2.75, 3.05) is 25.5 Å². The van der Waals surface area contributed by atoms with E-state index < -0.39 is 11.9 Å². The van der Waals surface area contributed by atoms with Crippen molar-refractivity contribution in [2.24, 2.45) is 5.92 Å². The minimum absolute atomic E-state index is 0.208. The fourth-order valence-corrected chi connectivity index (χ4v) is 2.79. The van der Waals surface area contributed by atoms with Gasteiger partial charge in [0.2, 0.25) is 11.8 Å². The van der Waals surface area contributed by atoms with E-state index in [2.05, 4.69) is 22.7 Å². The number of rotatable bonds is 4. The summed E-state index contributed by atoms with van der Waals surface area (Å²) in [6.07, 6.45) is 2.57. The molecule has 0 aliphatic carbocycles. The van der Waals surface area contributed by atoms with Crippen LogP contribution in [0.1, 0.15) is 12.8 Å². The lowest BCUT2D eigenvalue weighted by Gasteiger charge is -2.31. The van der Waals surface area contributed by atoms with Gasteiger partial charge in [-0.3, -0.25) is 15.0 Å². The van der Waals surface area contributed by atoms with E-state index in [4.69, 9.17) is 16.3 Å². The standard InChI is InChI=1S/C17H21ClN4O4/c1-3-15(23)22-8-4-5-11(10-22)16(24)20-21-17(25)19-14-9-12(26-2)6-7-13(14)18/h3,6-7,9,11H,1,4-5,8,10H2,2H3,(H,20,24)(H2,19,21,25). The first-order valence-corrected chi connectivity index (χ1v) is 8.44. The first-order valence-electron chi connectivity index (χ1n) is 8.06. The van der Waals surface area contributed by atoms with Crippen molar-refractivity contribution in [3.63, 3.8) is 0 Å². The van der Waals surface area contributed by atoms with Crippen molar-refractivity contribution in [1.82, 2.24) is 15.8 Å². The highest BCUT2D eigenvalue weighted by Gasteiger charge is 2.27. The SMILES string of the molecule is C=CC(=O)N1CCCC(C(=O)NNC(=O)Nc2cc(OC)ccc2Cl)C1. The predicted molar refractivity (Wildman–Crippen MR) is 97.8 cm³/mol. The van der Waals surface area contributed by atoms with Gasteiger partial charge in [-0.25, -0.2) is 10.2 Å². The number of amides is 4. The topological polar surface area (TPSA) is 99.8 Å². The number of nitrogens with one attached hydrogen (secondary N) is 3. The monoisotopic (exact) mass is 380 g/mol. The third kappa shape index (κ3) is 5.13. The first kappa shape index (κ1) is 19.6. The number of anilines is 1. The number of methoxy groups -OCH3 is 1. The molecule has 0 saturated carbocycles. The van der Waals surface area contributed by atoms with E-state index in [-0.39, 0.29) is 11.8 Å². The van der Waals surface area contributed by atoms with Gasteiger partial charge in [-0.05, 0) is 31.1 Å². The molecule has 1 aliphatic rings. The second-order valence-corrected chi connectivity index (χ2v) is 6.15. The molecule has 3 N–H and O–H groups in total. The Morgan fingerprint density at radius 1 is 1.35 bits per heavy atom. The van der Waals surface area contributed by atoms with Gasteiger partial charge >= 0.3 is 6.03 Å². The molecule has 1 aromatic rings. The summed E-state index contributed by atoms with van der Waals surface area (Å²) in [5.74, 6) is -0.435. The van der Waals surface area contributed by atoms with Crippen molar-refractivity contribution in [3.05, 3.63) is 35.9 Å². The molecule has 140 valence electrons. The molecular weight excluding hydrogens is 360 g/mol. The Labute approximate surface area is 156 Å². The van der Waals surface area contributed by atoms with Gasteiger partial charge in [0.1, 0.15) is 5.75 Å². The van der Waals surface area contributed by atoms with Crippen LogP contribution in [0, 0.1) is 5.92 Å². The minimum atomic E-state index is -0.650. The van der Waals surface area contributed by atoms with Gasteiger partial charge in [0.05, 0.1) is 23.7 Å². The summed E-state index contributed by atoms with van der Waals surface area (Å²) in [5.41, 5.74) is 4.98. The van der Waals surface area contributed by atoms with E-state index in [0.717, 1.165) is 0 Å². The van der Waals surface area contributed by atoms with Crippen molar-refractivity contribution < 1.29 is 19.1 Å². The minimum Gasteiger partial charge on any atom is -0.497 e. The van der Waals surface area contributed by atoms with Gasteiger partial charge in [-0.15, -0.1) is 0 Å². The molecule has 1 heterocycles. The molecule has 1 fully saturated rings. The number of carbonyl (C=O) groups excluding carboxylic acids is 3. The Balaban J connectivity index is 1.86. The molecule has 1 saturated heterocycles. The van der Waals surface area contributed by atoms with Crippen LogP contribution in [0.4, 0.5) is 10.5 Å². The normalized spacial score (nSPS) is 16.4. The number of ether oxygens (including phenoxy) is 1. The summed E-state index contributed by atoms with van der Waals surface area (Å²) in [5, 5.41) is 2.86. The maximum Gasteiger partial charge on any atom is 0.337 e. The number of hydrogen-bond donors (Lipinski definition) is 3. The lowest BCUT2D eigenvalue weighted by Crippen LogP contribution is -2.50. The van der Waals surface area contributed by atoms with Crippen LogP contribution >= 0.6 is 11.6 Å². The Kier molecular flexibility index (Phi) is 6.85. The smallest absolute Gasteiger partial charge is 0.337 e. The highest BCUT2D eigenvalue weighted by Crippen LogP contribution is 2.26. The highest BCUT2D eigenvalue weighted by molar-refractivity contribution is 6.33. The van der Waals surface area contributed by atoms with Crippen molar-refractivity contribution in [1.29, 1.82) is 0 Å². The van der Waals surface area contributed by atoms with Gasteiger partial charge in [0, 0.05) is 19.2 Å². The number of hydrazine groups is 1. The summed E-state index contributed by atoms with van der Waals surface area (Å²) in [7, 11) is 1.50. The molecule has 1 atom stereocenters. The number of nitrogens with zero attached hydrogens (tertiary/aromatic N) is 1. The van der Waals surface area contributed by atoms with Crippen LogP contribution in [0.15, 0.2) is 30.9 Å². The van der Waals surface area contributed by atoms with Crippen LogP contribution < -0.4 is 20.9 Å². The summed E-state index contributed by atoms with van der Waals surface area (Å²) in [4.78, 5) is 37.4. The van der Waals surface area contributed by atoms with Crippen molar-refractivity contribution in [2.45, 2.75) is 12.8 Å². The van der Waals surface area contributed by atoms with Gasteiger partial charge in [-0.2, -0.15) is 0 Å². The molecule has 8 nitrogen and oxygen atoms in total. The van der Waals surface area contributed by atoms with Crippen molar-refractivity contribution >= 4 is 35.1 Å². The Hall–Kier alpha value is -2.74. The van der Waals surface area contributed by atoms with Gasteiger partial charge in [-0.1, -0.05) is 18.2 Å². The summed E-state index contributed by atoms with van der Waals surface area (Å²) < 4.78 is 5.07. The number of urea groups is 1. The predicted octanol–water partition coefficient (Wildman–Crippen LogP) is 1.93. The third-order valence-corrected chi connectivity index (χ3v) is 4.33. The molecule has 1 aliphatic heterocycles. The van der Waals surface area contributed by atoms with Gasteiger partial charge < -0.3 is 15.0 Å². The van der Waals surface area contributed by atoms with E-state index >= 15 is 0 Å². The Morgan fingerprint density at radius 2 is 2.12 bits per heavy atom. The largest absolute Gasteiger partial charge is 0.497 e. The average molecular weight is 381 g/mol. The lowest BCUT2D eigenvalue weighted by molar-refractivity contribution is -0.132. The average Bonchev–Trinajstić information content (AvgIpc) is 2.67. The molecule has 2 rings (SSSR count). The quantitative estimate of drug-likeness (QED) is 0.549. The summed E-state index contributed by atoms with van der Waals surface area (Å²) >= 11 is 6.01. The number of piperidine rings is 1. The molecule has 0 bridgehead atoms. The molecule has 0 radical (unpaired) electrons. The van der Waals surface area contributed by atoms with E-state index in [1.54, 1.807) is 23.1 Å². The highest BCUT2D eigenvalue weighted by atomic mass is 35.5. The van der Waals surface area contributed by atoms with Crippen LogP contribution in [0.2, 0.25) is 5.02 Å². The molecule has 1 unspecified atom stereocenters. The van der Waals surface area contributed by atoms with Crippen LogP contribution in [-0.2, 0) is 9.59 Å². The van der Waals surface area contributed by atoms with Crippen LogP contribution in [0.5, 0.6) is 5.75 Å². The number of benzene rings is 1. The number of hydrogen-bond acceptors (Lipinski definition) is 4. The molecular formula is C17H21ClN4O4. The maximum atomic E-state index is 12.2. The van der Waals surface area contributed by atoms with Crippen LogP contribution in [0.25, 0.3) is 0 Å². The van der Waals surface area contributed by atoms with Crippen molar-refractivity contribution in [3.8, 4) is 5.75 Å². The van der Waals surface area contributed by atoms with E-state index in [0.29, 0.717) is 42.4 Å². The third-order valence-electron chi connectivity index (χ3n) is 4.00. The number of carbonyl (C=O) groups is 3. The maximum absolute atomic E-state index is 12.2. The second kappa shape index (κ2) is 9.10. The molecule has 26 heavy (non-hydrogen) atoms. The zero-order valence-electron chi connectivity index (χ0n) is 14.4. The van der Waals surface area contributed by atoms with Crippen LogP contribution in [0.3, 0.4) is 0 Å². The lowest BCUT2D eigenvalue weighted by atomic mass is 9.97. The zero-order chi connectivity index (χ0) is 19.1. The van der Waals surface area contributed by atoms with Gasteiger partial charge in [0.15, 0.2) is 0 Å². The second-order valence-electron chi connectivity index (χ2n) is 5.74. The summed E-state index contributed by atoms with van der Waals surface area (Å²) in [6.45, 7) is 4.34. The number of likely N-dealkylation sites (tertiary alicyclic amines) is 1. The van der Waals surface area contributed by atoms with E-state index in [9.17, 15) is 14.4 Å². The molecule has 4 amide bonds. The Bertz CT molecular complexity index is 710. The van der Waals surface area contributed by atoms with Gasteiger partial charge in [0.25, 0.3) is 0 Å². The first-order chi connectivity index (χ1) is 12.4. The fourth-order valence-electron chi connectivity index (χ4n) is 2.62. The fraction of sp³-hybridized carbons (Fsp3) is 0.353. The molecule has 0 spiro atoms. The summed E-state index contributed by atoms with van der Waals surface area (Å²) in [6, 6.07) is 4.15. The number of halogens is 1. The zero-order valence-corrected chi connectivity index (χ0v) is 15.1. The molecule has 0 aromatic heterocycles. The van der Waals surface area contributed by atoms with Crippen LogP contribution in [-0.4, -0.2) is 42.9 Å². The Morgan fingerprint density at radius 3 is 2.81 bits per heavy atom. The van der Waals surface area contributed by atoms with E-state index in [1.807, 2.05) is 0 Å².